The Labute approximate surface area is 109 Å². The van der Waals surface area contributed by atoms with E-state index < -0.39 is 0 Å². The summed E-state index contributed by atoms with van der Waals surface area (Å²) in [5, 5.41) is 3.41. The zero-order valence-corrected chi connectivity index (χ0v) is 11.3. The lowest BCUT2D eigenvalue weighted by Crippen LogP contribution is -2.38. The quantitative estimate of drug-likeness (QED) is 0.871. The molecule has 1 N–H and O–H groups in total. The molecule has 4 nitrogen and oxygen atoms in total. The van der Waals surface area contributed by atoms with Crippen molar-refractivity contribution in [3.8, 4) is 0 Å². The summed E-state index contributed by atoms with van der Waals surface area (Å²) in [5.41, 5.74) is 0. The Kier molecular flexibility index (Phi) is 4.93. The predicted molar refractivity (Wildman–Crippen MR) is 72.5 cm³/mol. The smallest absolute Gasteiger partial charge is 0.222 e. The number of nitrogens with one attached hydrogen (secondary N) is 1. The molecule has 0 aliphatic carbocycles. The maximum atomic E-state index is 5.91. The summed E-state index contributed by atoms with van der Waals surface area (Å²) in [5.74, 6) is 1.40. The highest BCUT2D eigenvalue weighted by Crippen LogP contribution is 2.26. The standard InChI is InChI=1S/C14H23N3O/c1-3-11(4-2)13-10-12(6-9-18-13)17-14-15-7-5-8-16-14/h5,7-8,11-13H,3-4,6,9-10H2,1-2H3,(H,15,16,17). The van der Waals surface area contributed by atoms with Gasteiger partial charge in [0.05, 0.1) is 6.10 Å². The number of hydrogen-bond acceptors (Lipinski definition) is 4. The van der Waals surface area contributed by atoms with E-state index in [2.05, 4.69) is 29.1 Å². The largest absolute Gasteiger partial charge is 0.378 e. The van der Waals surface area contributed by atoms with Gasteiger partial charge in [0.1, 0.15) is 0 Å². The molecule has 1 aliphatic rings. The van der Waals surface area contributed by atoms with E-state index in [-0.39, 0.29) is 0 Å². The highest BCUT2D eigenvalue weighted by Gasteiger charge is 2.27. The van der Waals surface area contributed by atoms with Crippen LogP contribution in [0.4, 0.5) is 5.95 Å². The third-order valence-electron chi connectivity index (χ3n) is 3.79. The van der Waals surface area contributed by atoms with Crippen LogP contribution < -0.4 is 5.32 Å². The fourth-order valence-corrected chi connectivity index (χ4v) is 2.66. The number of ether oxygens (including phenoxy) is 1. The lowest BCUT2D eigenvalue weighted by atomic mass is 9.89. The van der Waals surface area contributed by atoms with Crippen molar-refractivity contribution in [1.82, 2.24) is 9.97 Å². The Balaban J connectivity index is 1.90. The van der Waals surface area contributed by atoms with Crippen LogP contribution >= 0.6 is 0 Å². The molecule has 0 amide bonds. The van der Waals surface area contributed by atoms with Gasteiger partial charge in [-0.15, -0.1) is 0 Å². The van der Waals surface area contributed by atoms with Crippen LogP contribution in [0.5, 0.6) is 0 Å². The van der Waals surface area contributed by atoms with E-state index in [9.17, 15) is 0 Å². The first-order chi connectivity index (χ1) is 8.83. The molecule has 1 aromatic heterocycles. The van der Waals surface area contributed by atoms with Crippen LogP contribution in [0, 0.1) is 5.92 Å². The molecular weight excluding hydrogens is 226 g/mol. The maximum Gasteiger partial charge on any atom is 0.222 e. The lowest BCUT2D eigenvalue weighted by molar-refractivity contribution is -0.0271. The van der Waals surface area contributed by atoms with Crippen LogP contribution in [0.15, 0.2) is 18.5 Å². The second-order valence-corrected chi connectivity index (χ2v) is 4.92. The third-order valence-corrected chi connectivity index (χ3v) is 3.79. The van der Waals surface area contributed by atoms with Crippen molar-refractivity contribution in [2.45, 2.75) is 51.7 Å². The zero-order valence-electron chi connectivity index (χ0n) is 11.3. The van der Waals surface area contributed by atoms with Crippen molar-refractivity contribution in [3.63, 3.8) is 0 Å². The number of nitrogens with zero attached hydrogens (tertiary/aromatic N) is 2. The van der Waals surface area contributed by atoms with Crippen molar-refractivity contribution in [3.05, 3.63) is 18.5 Å². The molecule has 2 rings (SSSR count). The molecule has 2 heterocycles. The number of hydrogen-bond donors (Lipinski definition) is 1. The summed E-state index contributed by atoms with van der Waals surface area (Å²) in [6.45, 7) is 5.33. The average molecular weight is 249 g/mol. The van der Waals surface area contributed by atoms with Gasteiger partial charge in [0.2, 0.25) is 5.95 Å². The molecule has 4 heteroatoms. The van der Waals surface area contributed by atoms with Gasteiger partial charge in [0, 0.05) is 25.0 Å². The van der Waals surface area contributed by atoms with Gasteiger partial charge in [0.15, 0.2) is 0 Å². The first-order valence-corrected chi connectivity index (χ1v) is 6.98. The minimum Gasteiger partial charge on any atom is -0.378 e. The average Bonchev–Trinajstić information content (AvgIpc) is 2.42. The first-order valence-electron chi connectivity index (χ1n) is 6.98. The zero-order chi connectivity index (χ0) is 12.8. The predicted octanol–water partition coefficient (Wildman–Crippen LogP) is 2.87. The van der Waals surface area contributed by atoms with Crippen LogP contribution in [0.2, 0.25) is 0 Å². The second kappa shape index (κ2) is 6.69. The molecular formula is C14H23N3O. The van der Waals surface area contributed by atoms with Gasteiger partial charge in [-0.25, -0.2) is 9.97 Å². The fraction of sp³-hybridized carbons (Fsp3) is 0.714. The summed E-state index contributed by atoms with van der Waals surface area (Å²) in [7, 11) is 0. The Morgan fingerprint density at radius 3 is 2.72 bits per heavy atom. The van der Waals surface area contributed by atoms with Gasteiger partial charge < -0.3 is 10.1 Å². The van der Waals surface area contributed by atoms with Crippen molar-refractivity contribution in [2.24, 2.45) is 5.92 Å². The molecule has 0 spiro atoms. The minimum absolute atomic E-state index is 0.384. The molecule has 0 bridgehead atoms. The van der Waals surface area contributed by atoms with Gasteiger partial charge in [-0.1, -0.05) is 26.7 Å². The molecule has 18 heavy (non-hydrogen) atoms. The van der Waals surface area contributed by atoms with Crippen molar-refractivity contribution in [1.29, 1.82) is 0 Å². The van der Waals surface area contributed by atoms with Crippen LogP contribution in [-0.4, -0.2) is 28.7 Å². The molecule has 0 saturated carbocycles. The Bertz CT molecular complexity index is 340. The van der Waals surface area contributed by atoms with E-state index >= 15 is 0 Å². The molecule has 1 aliphatic heterocycles. The van der Waals surface area contributed by atoms with Gasteiger partial charge in [-0.3, -0.25) is 0 Å². The fourth-order valence-electron chi connectivity index (χ4n) is 2.66. The van der Waals surface area contributed by atoms with Crippen LogP contribution in [0.1, 0.15) is 39.5 Å². The van der Waals surface area contributed by atoms with Crippen LogP contribution in [0.3, 0.4) is 0 Å². The summed E-state index contributed by atoms with van der Waals surface area (Å²) in [6, 6.07) is 2.27. The molecule has 1 saturated heterocycles. The normalized spacial score (nSPS) is 24.2. The van der Waals surface area contributed by atoms with Gasteiger partial charge in [-0.2, -0.15) is 0 Å². The van der Waals surface area contributed by atoms with E-state index in [4.69, 9.17) is 4.74 Å². The van der Waals surface area contributed by atoms with Crippen molar-refractivity contribution < 1.29 is 4.74 Å². The molecule has 1 aromatic rings. The molecule has 2 atom stereocenters. The molecule has 1 fully saturated rings. The minimum atomic E-state index is 0.384. The number of aromatic nitrogens is 2. The van der Waals surface area contributed by atoms with E-state index in [0.717, 1.165) is 25.4 Å². The maximum absolute atomic E-state index is 5.91. The number of rotatable bonds is 5. The van der Waals surface area contributed by atoms with Gasteiger partial charge in [-0.05, 0) is 24.8 Å². The van der Waals surface area contributed by atoms with Crippen LogP contribution in [-0.2, 0) is 4.74 Å². The second-order valence-electron chi connectivity index (χ2n) is 4.92. The third kappa shape index (κ3) is 3.42. The highest BCUT2D eigenvalue weighted by molar-refractivity contribution is 5.24. The SMILES string of the molecule is CCC(CC)C1CC(Nc2ncccn2)CCO1. The summed E-state index contributed by atoms with van der Waals surface area (Å²) < 4.78 is 5.91. The highest BCUT2D eigenvalue weighted by atomic mass is 16.5. The first kappa shape index (κ1) is 13.3. The Morgan fingerprint density at radius 1 is 1.33 bits per heavy atom. The Hall–Kier alpha value is -1.16. The van der Waals surface area contributed by atoms with Crippen molar-refractivity contribution >= 4 is 5.95 Å². The van der Waals surface area contributed by atoms with E-state index in [1.165, 1.54) is 12.8 Å². The van der Waals surface area contributed by atoms with E-state index in [1.54, 1.807) is 12.4 Å². The van der Waals surface area contributed by atoms with E-state index in [1.807, 2.05) is 6.07 Å². The summed E-state index contributed by atoms with van der Waals surface area (Å²) in [6.07, 6.45) is 8.40. The number of anilines is 1. The molecule has 0 radical (unpaired) electrons. The summed E-state index contributed by atoms with van der Waals surface area (Å²) in [4.78, 5) is 8.44. The lowest BCUT2D eigenvalue weighted by Gasteiger charge is -2.34. The summed E-state index contributed by atoms with van der Waals surface area (Å²) >= 11 is 0. The Morgan fingerprint density at radius 2 is 2.06 bits per heavy atom. The van der Waals surface area contributed by atoms with E-state index in [0.29, 0.717) is 18.1 Å². The van der Waals surface area contributed by atoms with Gasteiger partial charge >= 0.3 is 0 Å². The van der Waals surface area contributed by atoms with Crippen molar-refractivity contribution in [2.75, 3.05) is 11.9 Å². The van der Waals surface area contributed by atoms with Crippen LogP contribution in [0.25, 0.3) is 0 Å². The monoisotopic (exact) mass is 249 g/mol. The molecule has 2 unspecified atom stereocenters. The molecule has 100 valence electrons. The topological polar surface area (TPSA) is 47.0 Å². The molecule has 0 aromatic carbocycles. The van der Waals surface area contributed by atoms with Gasteiger partial charge in [0.25, 0.3) is 0 Å².